The largest absolute Gasteiger partial charge is 0.444 e. The number of halogens is 3. The molecule has 0 saturated carbocycles. The van der Waals surface area contributed by atoms with Crippen LogP contribution in [0.25, 0.3) is 11.3 Å². The van der Waals surface area contributed by atoms with Gasteiger partial charge in [-0.1, -0.05) is 30.3 Å². The molecule has 0 unspecified atom stereocenters. The number of morpholine rings is 1. The molecule has 0 aliphatic carbocycles. The van der Waals surface area contributed by atoms with E-state index in [4.69, 9.17) is 23.9 Å². The molecule has 5 heterocycles. The van der Waals surface area contributed by atoms with Crippen molar-refractivity contribution >= 4 is 29.7 Å². The SMILES string of the molecule is CC(C)(C)OC(=O)N1C[C@@H](CN(C(=O)[C@@H]2CN(C(=O)CCOCCN3C(=O)C=CC3=O)CCO2)[C@@H](c2nc(-c3cc(F)ccc3F)cn2Cc2ccccc2)C2CCOCC2)[C@@H](F)C1. The monoisotopic (exact) mass is 892 g/mol. The maximum atomic E-state index is 16.3. The minimum atomic E-state index is -1.54. The topological polar surface area (TPSA) is 153 Å². The smallest absolute Gasteiger partial charge is 0.410 e. The highest BCUT2D eigenvalue weighted by molar-refractivity contribution is 6.12. The van der Waals surface area contributed by atoms with E-state index in [0.717, 1.165) is 28.7 Å². The summed E-state index contributed by atoms with van der Waals surface area (Å²) in [5, 5.41) is 0. The molecule has 344 valence electrons. The van der Waals surface area contributed by atoms with Crippen LogP contribution in [0.3, 0.4) is 0 Å². The maximum absolute atomic E-state index is 16.3. The highest BCUT2D eigenvalue weighted by Gasteiger charge is 2.45. The number of benzene rings is 2. The number of aromatic nitrogens is 2. The van der Waals surface area contributed by atoms with Gasteiger partial charge in [-0.05, 0) is 63.3 Å². The number of imide groups is 1. The Morgan fingerprint density at radius 1 is 0.938 bits per heavy atom. The zero-order chi connectivity index (χ0) is 45.5. The average Bonchev–Trinajstić information content (AvgIpc) is 3.96. The molecule has 5 amide bonds. The molecule has 7 rings (SSSR count). The molecule has 64 heavy (non-hydrogen) atoms. The summed E-state index contributed by atoms with van der Waals surface area (Å²) in [5.74, 6) is -3.87. The maximum Gasteiger partial charge on any atom is 0.410 e. The van der Waals surface area contributed by atoms with Gasteiger partial charge >= 0.3 is 6.09 Å². The van der Waals surface area contributed by atoms with Crippen molar-refractivity contribution in [3.05, 3.63) is 89.9 Å². The molecule has 15 nitrogen and oxygen atoms in total. The van der Waals surface area contributed by atoms with Gasteiger partial charge in [0.2, 0.25) is 5.91 Å². The molecule has 0 N–H and O–H groups in total. The highest BCUT2D eigenvalue weighted by atomic mass is 19.1. The number of carbonyl (C=O) groups excluding carboxylic acids is 5. The van der Waals surface area contributed by atoms with Crippen molar-refractivity contribution < 1.29 is 56.1 Å². The van der Waals surface area contributed by atoms with Gasteiger partial charge in [0, 0.05) is 69.2 Å². The molecular formula is C46H55F3N6O9. The van der Waals surface area contributed by atoms with Gasteiger partial charge in [0.15, 0.2) is 6.10 Å². The third-order valence-corrected chi connectivity index (χ3v) is 11.8. The summed E-state index contributed by atoms with van der Waals surface area (Å²) in [5.41, 5.74) is 0.0996. The van der Waals surface area contributed by atoms with E-state index < -0.39 is 65.3 Å². The average molecular weight is 893 g/mol. The van der Waals surface area contributed by atoms with Crippen LogP contribution < -0.4 is 0 Å². The fourth-order valence-corrected chi connectivity index (χ4v) is 8.54. The number of imidazole rings is 1. The summed E-state index contributed by atoms with van der Waals surface area (Å²) < 4.78 is 71.3. The predicted octanol–water partition coefficient (Wildman–Crippen LogP) is 4.94. The molecule has 4 aliphatic heterocycles. The van der Waals surface area contributed by atoms with E-state index in [9.17, 15) is 23.6 Å². The van der Waals surface area contributed by atoms with Crippen molar-refractivity contribution in [2.24, 2.45) is 11.8 Å². The number of rotatable bonds is 15. The Bertz CT molecular complexity index is 2180. The van der Waals surface area contributed by atoms with Crippen LogP contribution in [0, 0.1) is 23.5 Å². The number of amides is 5. The summed E-state index contributed by atoms with van der Waals surface area (Å²) in [7, 11) is 0. The van der Waals surface area contributed by atoms with Crippen LogP contribution in [-0.2, 0) is 44.7 Å². The molecule has 0 radical (unpaired) electrons. The third kappa shape index (κ3) is 11.4. The number of ether oxygens (including phenoxy) is 4. The Morgan fingerprint density at radius 2 is 1.67 bits per heavy atom. The van der Waals surface area contributed by atoms with E-state index in [1.54, 1.807) is 31.9 Å². The van der Waals surface area contributed by atoms with E-state index in [-0.39, 0.29) is 95.1 Å². The van der Waals surface area contributed by atoms with Gasteiger partial charge in [-0.25, -0.2) is 22.9 Å². The number of hydrogen-bond donors (Lipinski definition) is 0. The lowest BCUT2D eigenvalue weighted by Gasteiger charge is -2.42. The molecule has 4 atom stereocenters. The Kier molecular flexibility index (Phi) is 14.9. The molecular weight excluding hydrogens is 838 g/mol. The van der Waals surface area contributed by atoms with Crippen molar-refractivity contribution in [2.45, 2.75) is 70.5 Å². The van der Waals surface area contributed by atoms with Gasteiger partial charge in [-0.3, -0.25) is 24.1 Å². The van der Waals surface area contributed by atoms with Crippen LogP contribution in [-0.4, -0.2) is 149 Å². The van der Waals surface area contributed by atoms with Gasteiger partial charge in [-0.15, -0.1) is 0 Å². The lowest BCUT2D eigenvalue weighted by atomic mass is 9.88. The zero-order valence-corrected chi connectivity index (χ0v) is 36.3. The van der Waals surface area contributed by atoms with Crippen LogP contribution in [0.15, 0.2) is 66.9 Å². The van der Waals surface area contributed by atoms with Crippen LogP contribution in [0.2, 0.25) is 0 Å². The first-order valence-corrected chi connectivity index (χ1v) is 21.7. The second kappa shape index (κ2) is 20.5. The minimum Gasteiger partial charge on any atom is -0.444 e. The number of alkyl halides is 1. The molecule has 3 aromatic rings. The standard InChI is InChI=1S/C46H55F3N6O9/c1-46(2,3)64-45(60)53-25-32(36(49)27-53)26-55(44(59)38-29-51(16-22-63-38)39(56)15-20-62-21-17-54-40(57)11-12-41(54)58)42(31-13-18-61-19-14-31)43-50-37(34-23-33(47)9-10-35(34)48)28-52(43)24-30-7-5-4-6-8-30/h4-12,23,28,31-32,36,38,42H,13-22,24-27,29H2,1-3H3/t32-,36-,38-,42+/m0/s1. The fourth-order valence-electron chi connectivity index (χ4n) is 8.54. The van der Waals surface area contributed by atoms with Gasteiger partial charge < -0.3 is 38.2 Å². The van der Waals surface area contributed by atoms with Crippen molar-refractivity contribution in [3.8, 4) is 11.3 Å². The van der Waals surface area contributed by atoms with E-state index in [2.05, 4.69) is 0 Å². The molecule has 1 aromatic heterocycles. The molecule has 4 aliphatic rings. The number of hydrogen-bond acceptors (Lipinski definition) is 10. The Labute approximate surface area is 370 Å². The zero-order valence-electron chi connectivity index (χ0n) is 36.3. The molecule has 0 bridgehead atoms. The molecule has 3 saturated heterocycles. The van der Waals surface area contributed by atoms with E-state index in [1.807, 2.05) is 34.9 Å². The second-order valence-corrected chi connectivity index (χ2v) is 17.5. The van der Waals surface area contributed by atoms with Crippen LogP contribution in [0.1, 0.15) is 57.5 Å². The quantitative estimate of drug-likeness (QED) is 0.152. The first-order valence-electron chi connectivity index (χ1n) is 21.7. The first-order chi connectivity index (χ1) is 30.6. The molecule has 2 aromatic carbocycles. The minimum absolute atomic E-state index is 0.00242. The fraction of sp³-hybridized carbons (Fsp3) is 0.522. The van der Waals surface area contributed by atoms with Crippen LogP contribution in [0.5, 0.6) is 0 Å². The summed E-state index contributed by atoms with van der Waals surface area (Å²) in [6.07, 6.45) is 1.52. The van der Waals surface area contributed by atoms with Crippen LogP contribution in [0.4, 0.5) is 18.0 Å². The van der Waals surface area contributed by atoms with E-state index in [1.165, 1.54) is 22.0 Å². The second-order valence-electron chi connectivity index (χ2n) is 17.5. The van der Waals surface area contributed by atoms with Crippen molar-refractivity contribution in [1.29, 1.82) is 0 Å². The van der Waals surface area contributed by atoms with Gasteiger partial charge in [0.1, 0.15) is 29.2 Å². The van der Waals surface area contributed by atoms with E-state index in [0.29, 0.717) is 31.9 Å². The van der Waals surface area contributed by atoms with Gasteiger partial charge in [-0.2, -0.15) is 0 Å². The summed E-state index contributed by atoms with van der Waals surface area (Å²) in [4.78, 5) is 76.2. The van der Waals surface area contributed by atoms with Gasteiger partial charge in [0.25, 0.3) is 17.7 Å². The lowest BCUT2D eigenvalue weighted by molar-refractivity contribution is -0.159. The van der Waals surface area contributed by atoms with Crippen molar-refractivity contribution in [2.75, 3.05) is 72.3 Å². The van der Waals surface area contributed by atoms with Gasteiger partial charge in [0.05, 0.1) is 57.6 Å². The predicted molar refractivity (Wildman–Crippen MR) is 225 cm³/mol. The van der Waals surface area contributed by atoms with Crippen molar-refractivity contribution in [1.82, 2.24) is 29.2 Å². The summed E-state index contributed by atoms with van der Waals surface area (Å²) >= 11 is 0. The normalized spacial score (nSPS) is 21.2. The Balaban J connectivity index is 1.20. The highest BCUT2D eigenvalue weighted by Crippen LogP contribution is 2.39. The molecule has 3 fully saturated rings. The summed E-state index contributed by atoms with van der Waals surface area (Å²) in [6, 6.07) is 11.7. The van der Waals surface area contributed by atoms with Crippen molar-refractivity contribution in [3.63, 3.8) is 0 Å². The van der Waals surface area contributed by atoms with E-state index >= 15 is 13.6 Å². The Hall–Kier alpha value is -5.59. The summed E-state index contributed by atoms with van der Waals surface area (Å²) in [6.45, 7) is 5.82. The molecule has 18 heteroatoms. The number of likely N-dealkylation sites (tertiary alicyclic amines) is 1. The lowest BCUT2D eigenvalue weighted by Crippen LogP contribution is -2.55. The number of nitrogens with zero attached hydrogens (tertiary/aromatic N) is 6. The van der Waals surface area contributed by atoms with Crippen LogP contribution >= 0.6 is 0 Å². The first kappa shape index (κ1) is 46.4. The number of carbonyl (C=O) groups is 5. The third-order valence-electron chi connectivity index (χ3n) is 11.8. The Morgan fingerprint density at radius 3 is 2.39 bits per heavy atom. The molecule has 0 spiro atoms.